The lowest BCUT2D eigenvalue weighted by atomic mass is 10.1. The van der Waals surface area contributed by atoms with Gasteiger partial charge in [0.1, 0.15) is 5.84 Å². The zero-order valence-corrected chi connectivity index (χ0v) is 19.7. The van der Waals surface area contributed by atoms with Gasteiger partial charge in [-0.1, -0.05) is 18.2 Å². The third-order valence-corrected chi connectivity index (χ3v) is 5.18. The van der Waals surface area contributed by atoms with E-state index in [4.69, 9.17) is 11.3 Å². The molecule has 0 unspecified atom stereocenters. The monoisotopic (exact) mass is 486 g/mol. The molecule has 8 nitrogen and oxygen atoms in total. The van der Waals surface area contributed by atoms with E-state index in [1.165, 1.54) is 24.4 Å². The van der Waals surface area contributed by atoms with Crippen molar-refractivity contribution in [3.63, 3.8) is 0 Å². The molecule has 11 heteroatoms. The molecule has 35 heavy (non-hydrogen) atoms. The molecule has 0 saturated heterocycles. The molecule has 0 fully saturated rings. The number of anilines is 1. The van der Waals surface area contributed by atoms with Crippen molar-refractivity contribution in [2.75, 3.05) is 38.7 Å². The van der Waals surface area contributed by atoms with E-state index in [0.29, 0.717) is 17.7 Å². The Morgan fingerprint density at radius 1 is 1.09 bits per heavy atom. The predicted molar refractivity (Wildman–Crippen MR) is 130 cm³/mol. The van der Waals surface area contributed by atoms with Crippen LogP contribution in [0.4, 0.5) is 19.0 Å². The Hall–Kier alpha value is -3.41. The lowest BCUT2D eigenvalue weighted by molar-refractivity contribution is -0.137. The first-order valence-electron chi connectivity index (χ1n) is 11.1. The van der Waals surface area contributed by atoms with Gasteiger partial charge < -0.3 is 10.2 Å². The molecule has 0 aliphatic rings. The minimum absolute atomic E-state index is 0.0943. The SMILES string of the molecule is CN(C)CCNCCCc1cc(N(N)C(=N)c2cccnc2)nc(-c2ccccc2C(F)(F)F)n1. The van der Waals surface area contributed by atoms with Gasteiger partial charge in [-0.15, -0.1) is 0 Å². The number of nitrogens with zero attached hydrogens (tertiary/aromatic N) is 5. The van der Waals surface area contributed by atoms with Crippen LogP contribution in [-0.4, -0.2) is 59.4 Å². The van der Waals surface area contributed by atoms with E-state index < -0.39 is 11.7 Å². The number of alkyl halides is 3. The van der Waals surface area contributed by atoms with Gasteiger partial charge in [0, 0.05) is 48.4 Å². The van der Waals surface area contributed by atoms with Gasteiger partial charge in [-0.05, 0) is 51.7 Å². The number of pyridine rings is 1. The number of hydrogen-bond acceptors (Lipinski definition) is 7. The van der Waals surface area contributed by atoms with Crippen molar-refractivity contribution < 1.29 is 13.2 Å². The lowest BCUT2D eigenvalue weighted by Gasteiger charge is -2.20. The second-order valence-electron chi connectivity index (χ2n) is 8.20. The fourth-order valence-corrected chi connectivity index (χ4v) is 3.36. The number of likely N-dealkylation sites (N-methyl/N-ethyl adjacent to an activating group) is 1. The van der Waals surface area contributed by atoms with Gasteiger partial charge in [-0.2, -0.15) is 13.2 Å². The van der Waals surface area contributed by atoms with E-state index >= 15 is 0 Å². The fourth-order valence-electron chi connectivity index (χ4n) is 3.36. The smallest absolute Gasteiger partial charge is 0.315 e. The van der Waals surface area contributed by atoms with Gasteiger partial charge in [0.2, 0.25) is 0 Å². The first-order valence-corrected chi connectivity index (χ1v) is 11.1. The summed E-state index contributed by atoms with van der Waals surface area (Å²) >= 11 is 0. The standard InChI is InChI=1S/C24H29F3N8/c1-34(2)14-13-30-11-6-8-18-15-21(35(29)22(28)17-7-5-12-31-16-17)33-23(32-18)19-9-3-4-10-20(19)24(25,26)27/h3-5,7,9-10,12,15-16,28,30H,6,8,11,13-14,29H2,1-2H3. The van der Waals surface area contributed by atoms with Crippen LogP contribution in [0.2, 0.25) is 0 Å². The minimum Gasteiger partial charge on any atom is -0.315 e. The molecule has 0 bridgehead atoms. The molecule has 2 aromatic heterocycles. The van der Waals surface area contributed by atoms with Gasteiger partial charge in [-0.25, -0.2) is 20.8 Å². The number of nitrogens with two attached hydrogens (primary N) is 1. The summed E-state index contributed by atoms with van der Waals surface area (Å²) in [6, 6.07) is 10.1. The average molecular weight is 487 g/mol. The number of hydrogen-bond donors (Lipinski definition) is 3. The number of halogens is 3. The van der Waals surface area contributed by atoms with Gasteiger partial charge >= 0.3 is 6.18 Å². The Balaban J connectivity index is 1.92. The van der Waals surface area contributed by atoms with Crippen molar-refractivity contribution in [2.24, 2.45) is 5.84 Å². The second-order valence-corrected chi connectivity index (χ2v) is 8.20. The highest BCUT2D eigenvalue weighted by Crippen LogP contribution is 2.36. The second kappa shape index (κ2) is 11.8. The maximum atomic E-state index is 13.7. The zero-order valence-electron chi connectivity index (χ0n) is 19.7. The molecule has 1 aromatic carbocycles. The van der Waals surface area contributed by atoms with Crippen LogP contribution in [0.3, 0.4) is 0 Å². The molecule has 186 valence electrons. The van der Waals surface area contributed by atoms with Crippen LogP contribution in [0.5, 0.6) is 0 Å². The lowest BCUT2D eigenvalue weighted by Crippen LogP contribution is -2.38. The van der Waals surface area contributed by atoms with E-state index in [2.05, 4.69) is 25.2 Å². The van der Waals surface area contributed by atoms with Crippen molar-refractivity contribution in [1.82, 2.24) is 25.2 Å². The van der Waals surface area contributed by atoms with Crippen LogP contribution in [-0.2, 0) is 12.6 Å². The van der Waals surface area contributed by atoms with Gasteiger partial charge in [0.05, 0.1) is 5.56 Å². The summed E-state index contributed by atoms with van der Waals surface area (Å²) in [5, 5.41) is 12.8. The number of benzene rings is 1. The first-order chi connectivity index (χ1) is 16.7. The number of nitrogens with one attached hydrogen (secondary N) is 2. The highest BCUT2D eigenvalue weighted by molar-refractivity contribution is 6.06. The van der Waals surface area contributed by atoms with Crippen LogP contribution >= 0.6 is 0 Å². The van der Waals surface area contributed by atoms with Crippen molar-refractivity contribution in [3.05, 3.63) is 71.7 Å². The van der Waals surface area contributed by atoms with Gasteiger partial charge in [0.15, 0.2) is 11.6 Å². The molecule has 0 amide bonds. The molecular weight excluding hydrogens is 457 g/mol. The van der Waals surface area contributed by atoms with Gasteiger partial charge in [-0.3, -0.25) is 10.4 Å². The summed E-state index contributed by atoms with van der Waals surface area (Å²) in [5.41, 5.74) is -0.00352. The van der Waals surface area contributed by atoms with Crippen molar-refractivity contribution in [1.29, 1.82) is 5.41 Å². The van der Waals surface area contributed by atoms with Crippen molar-refractivity contribution in [3.8, 4) is 11.4 Å². The summed E-state index contributed by atoms with van der Waals surface area (Å²) in [6.07, 6.45) is -0.311. The van der Waals surface area contributed by atoms with Crippen LogP contribution in [0.1, 0.15) is 23.2 Å². The number of hydrazine groups is 1. The number of aryl methyl sites for hydroxylation is 1. The molecule has 0 aliphatic heterocycles. The molecule has 0 radical (unpaired) electrons. The van der Waals surface area contributed by atoms with E-state index in [1.54, 1.807) is 24.4 Å². The number of aromatic nitrogens is 3. The number of amidine groups is 1. The normalized spacial score (nSPS) is 11.6. The minimum atomic E-state index is -4.57. The first kappa shape index (κ1) is 26.2. The Morgan fingerprint density at radius 3 is 2.54 bits per heavy atom. The summed E-state index contributed by atoms with van der Waals surface area (Å²) in [4.78, 5) is 14.8. The Morgan fingerprint density at radius 2 is 1.86 bits per heavy atom. The molecule has 0 aliphatic carbocycles. The molecule has 2 heterocycles. The maximum absolute atomic E-state index is 13.7. The third-order valence-electron chi connectivity index (χ3n) is 5.18. The van der Waals surface area contributed by atoms with Crippen molar-refractivity contribution >= 4 is 11.7 Å². The maximum Gasteiger partial charge on any atom is 0.417 e. The third kappa shape index (κ3) is 7.28. The van der Waals surface area contributed by atoms with Crippen LogP contribution in [0.25, 0.3) is 11.4 Å². The van der Waals surface area contributed by atoms with E-state index in [-0.39, 0.29) is 23.0 Å². The predicted octanol–water partition coefficient (Wildman–Crippen LogP) is 3.35. The quantitative estimate of drug-likeness (QED) is 0.133. The number of rotatable bonds is 10. The highest BCUT2D eigenvalue weighted by Gasteiger charge is 2.34. The Bertz CT molecular complexity index is 1120. The van der Waals surface area contributed by atoms with Gasteiger partial charge in [0.25, 0.3) is 0 Å². The van der Waals surface area contributed by atoms with Crippen LogP contribution in [0, 0.1) is 5.41 Å². The molecule has 3 rings (SSSR count). The summed E-state index contributed by atoms with van der Waals surface area (Å²) in [6.45, 7) is 2.44. The van der Waals surface area contributed by atoms with E-state index in [9.17, 15) is 13.2 Å². The largest absolute Gasteiger partial charge is 0.417 e. The fraction of sp³-hybridized carbons (Fsp3) is 0.333. The topological polar surface area (TPSA) is 107 Å². The van der Waals surface area contributed by atoms with E-state index in [1.807, 2.05) is 14.1 Å². The zero-order chi connectivity index (χ0) is 25.4. The van der Waals surface area contributed by atoms with Crippen LogP contribution in [0.15, 0.2) is 54.9 Å². The van der Waals surface area contributed by atoms with E-state index in [0.717, 1.165) is 37.1 Å². The summed E-state index contributed by atoms with van der Waals surface area (Å²) in [5.74, 6) is 6.12. The highest BCUT2D eigenvalue weighted by atomic mass is 19.4. The summed E-state index contributed by atoms with van der Waals surface area (Å²) < 4.78 is 41.0. The molecule has 4 N–H and O–H groups in total. The Labute approximate surface area is 202 Å². The Kier molecular flexibility index (Phi) is 8.85. The summed E-state index contributed by atoms with van der Waals surface area (Å²) in [7, 11) is 3.98. The molecule has 0 spiro atoms. The average Bonchev–Trinajstić information content (AvgIpc) is 2.85. The van der Waals surface area contributed by atoms with Crippen molar-refractivity contribution in [2.45, 2.75) is 19.0 Å². The van der Waals surface area contributed by atoms with Crippen LogP contribution < -0.4 is 16.2 Å². The molecule has 0 saturated carbocycles. The molecular formula is C24H29F3N8. The molecule has 3 aromatic rings. The molecule has 0 atom stereocenters.